The monoisotopic (exact) mass is 561 g/mol. The van der Waals surface area contributed by atoms with Crippen LogP contribution in [0.4, 0.5) is 0 Å². The van der Waals surface area contributed by atoms with Crippen LogP contribution in [0.25, 0.3) is 0 Å². The lowest BCUT2D eigenvalue weighted by atomic mass is 9.88. The van der Waals surface area contributed by atoms with E-state index in [9.17, 15) is 0 Å². The Balaban J connectivity index is 0.00000272. The van der Waals surface area contributed by atoms with Crippen LogP contribution >= 0.6 is 35.3 Å². The van der Waals surface area contributed by atoms with Gasteiger partial charge in [-0.3, -0.25) is 14.8 Å². The summed E-state index contributed by atoms with van der Waals surface area (Å²) in [5.74, 6) is 0.961. The van der Waals surface area contributed by atoms with Crippen LogP contribution in [0.3, 0.4) is 0 Å². The van der Waals surface area contributed by atoms with E-state index < -0.39 is 0 Å². The molecule has 8 heteroatoms. The van der Waals surface area contributed by atoms with Gasteiger partial charge in [-0.2, -0.15) is 0 Å². The number of hydrogen-bond donors (Lipinski definition) is 2. The second-order valence-corrected chi connectivity index (χ2v) is 9.86. The van der Waals surface area contributed by atoms with Gasteiger partial charge >= 0.3 is 0 Å². The van der Waals surface area contributed by atoms with Gasteiger partial charge in [-0.25, -0.2) is 0 Å². The third-order valence-electron chi connectivity index (χ3n) is 6.99. The van der Waals surface area contributed by atoms with Crippen LogP contribution in [-0.2, 0) is 4.74 Å². The molecule has 0 aromatic carbocycles. The Bertz CT molecular complexity index is 653. The molecule has 0 radical (unpaired) electrons. The van der Waals surface area contributed by atoms with Crippen molar-refractivity contribution in [2.24, 2.45) is 4.99 Å². The fraction of sp³-hybridized carbons (Fsp3) is 0.783. The van der Waals surface area contributed by atoms with E-state index in [1.54, 1.807) is 0 Å². The number of nitrogens with zero attached hydrogens (tertiary/aromatic N) is 3. The lowest BCUT2D eigenvalue weighted by Crippen LogP contribution is -2.54. The SMILES string of the molecule is CCNC(=NCC1(N2CCCC2)CCOCC1)NCC(c1cccs1)N1CCCC1.I. The summed E-state index contributed by atoms with van der Waals surface area (Å²) in [4.78, 5) is 11.9. The van der Waals surface area contributed by atoms with E-state index in [0.717, 1.165) is 51.6 Å². The molecule has 0 amide bonds. The number of ether oxygens (including phenoxy) is 1. The zero-order chi connectivity index (χ0) is 20.7. The van der Waals surface area contributed by atoms with Crippen LogP contribution in [0.2, 0.25) is 0 Å². The topological polar surface area (TPSA) is 52.1 Å². The fourth-order valence-electron chi connectivity index (χ4n) is 5.22. The fourth-order valence-corrected chi connectivity index (χ4v) is 6.08. The second kappa shape index (κ2) is 12.7. The van der Waals surface area contributed by atoms with Crippen LogP contribution in [0, 0.1) is 0 Å². The van der Waals surface area contributed by atoms with Crippen molar-refractivity contribution in [1.29, 1.82) is 0 Å². The molecule has 0 bridgehead atoms. The van der Waals surface area contributed by atoms with Gasteiger partial charge in [0.15, 0.2) is 5.96 Å². The van der Waals surface area contributed by atoms with Crippen molar-refractivity contribution in [3.8, 4) is 0 Å². The third-order valence-corrected chi connectivity index (χ3v) is 7.97. The number of nitrogens with one attached hydrogen (secondary N) is 2. The summed E-state index contributed by atoms with van der Waals surface area (Å²) in [5, 5.41) is 9.38. The number of hydrogen-bond acceptors (Lipinski definition) is 5. The highest BCUT2D eigenvalue weighted by Crippen LogP contribution is 2.32. The summed E-state index contributed by atoms with van der Waals surface area (Å²) in [5.41, 5.74) is 0.180. The van der Waals surface area contributed by atoms with Crippen molar-refractivity contribution in [1.82, 2.24) is 20.4 Å². The van der Waals surface area contributed by atoms with Gasteiger partial charge in [0.05, 0.1) is 12.6 Å². The van der Waals surface area contributed by atoms with Gasteiger partial charge in [0, 0.05) is 36.7 Å². The Morgan fingerprint density at radius 1 is 1.13 bits per heavy atom. The first-order chi connectivity index (χ1) is 14.8. The molecule has 176 valence electrons. The van der Waals surface area contributed by atoms with Crippen molar-refractivity contribution in [3.05, 3.63) is 22.4 Å². The van der Waals surface area contributed by atoms with Crippen molar-refractivity contribution in [2.75, 3.05) is 59.0 Å². The molecule has 4 rings (SSSR count). The number of likely N-dealkylation sites (tertiary alicyclic amines) is 2. The molecule has 3 aliphatic rings. The number of aliphatic imine (C=N–C) groups is 1. The summed E-state index contributed by atoms with van der Waals surface area (Å²) >= 11 is 1.87. The highest BCUT2D eigenvalue weighted by molar-refractivity contribution is 14.0. The standard InChI is InChI=1S/C23H39N5OS.HI/c1-2-24-22(25-18-20(21-8-7-17-30-21)27-11-3-4-12-27)26-19-23(9-15-29-16-10-23)28-13-5-6-14-28;/h7-8,17,20H,2-6,9-16,18-19H2,1H3,(H2,24,25,26);1H. The molecule has 3 aliphatic heterocycles. The highest BCUT2D eigenvalue weighted by atomic mass is 127. The maximum Gasteiger partial charge on any atom is 0.191 e. The van der Waals surface area contributed by atoms with Crippen molar-refractivity contribution < 1.29 is 4.74 Å². The van der Waals surface area contributed by atoms with Gasteiger partial charge in [-0.05, 0) is 83.1 Å². The first-order valence-corrected chi connectivity index (χ1v) is 12.8. The van der Waals surface area contributed by atoms with E-state index in [1.807, 2.05) is 11.3 Å². The maximum atomic E-state index is 5.71. The first kappa shape index (κ1) is 25.2. The lowest BCUT2D eigenvalue weighted by Gasteiger charge is -2.43. The molecule has 3 fully saturated rings. The smallest absolute Gasteiger partial charge is 0.191 e. The Labute approximate surface area is 209 Å². The molecule has 1 aromatic rings. The zero-order valence-electron chi connectivity index (χ0n) is 19.0. The van der Waals surface area contributed by atoms with E-state index >= 15 is 0 Å². The van der Waals surface area contributed by atoms with Crippen LogP contribution in [0.15, 0.2) is 22.5 Å². The molecule has 1 aromatic heterocycles. The summed E-state index contributed by atoms with van der Waals surface area (Å²) < 4.78 is 5.71. The molecule has 1 atom stereocenters. The van der Waals surface area contributed by atoms with Gasteiger partial charge < -0.3 is 15.4 Å². The second-order valence-electron chi connectivity index (χ2n) is 8.88. The molecule has 3 saturated heterocycles. The van der Waals surface area contributed by atoms with Crippen molar-refractivity contribution >= 4 is 41.3 Å². The third kappa shape index (κ3) is 6.56. The van der Waals surface area contributed by atoms with Crippen LogP contribution < -0.4 is 10.6 Å². The minimum Gasteiger partial charge on any atom is -0.381 e. The molecule has 2 N–H and O–H groups in total. The van der Waals surface area contributed by atoms with Gasteiger partial charge in [0.25, 0.3) is 0 Å². The van der Waals surface area contributed by atoms with Gasteiger partial charge in [-0.15, -0.1) is 35.3 Å². The van der Waals surface area contributed by atoms with Crippen molar-refractivity contribution in [2.45, 2.75) is 57.0 Å². The van der Waals surface area contributed by atoms with E-state index in [0.29, 0.717) is 6.04 Å². The lowest BCUT2D eigenvalue weighted by molar-refractivity contribution is -0.0139. The Morgan fingerprint density at radius 2 is 1.84 bits per heavy atom. The van der Waals surface area contributed by atoms with Crippen LogP contribution in [-0.4, -0.2) is 80.3 Å². The number of halogens is 1. The summed E-state index contributed by atoms with van der Waals surface area (Å²) in [6.07, 6.45) is 7.47. The van der Waals surface area contributed by atoms with Gasteiger partial charge in [0.1, 0.15) is 0 Å². The molecular formula is C23H40IN5OS. The quantitative estimate of drug-likeness (QED) is 0.288. The number of rotatable bonds is 8. The van der Waals surface area contributed by atoms with Crippen LogP contribution in [0.5, 0.6) is 0 Å². The Morgan fingerprint density at radius 3 is 2.48 bits per heavy atom. The molecule has 0 aliphatic carbocycles. The summed E-state index contributed by atoms with van der Waals surface area (Å²) in [6.45, 7) is 11.4. The Kier molecular flexibility index (Phi) is 10.3. The largest absolute Gasteiger partial charge is 0.381 e. The summed E-state index contributed by atoms with van der Waals surface area (Å²) in [7, 11) is 0. The molecule has 4 heterocycles. The minimum atomic E-state index is 0. The highest BCUT2D eigenvalue weighted by Gasteiger charge is 2.39. The molecule has 1 unspecified atom stereocenters. The predicted molar refractivity (Wildman–Crippen MR) is 141 cm³/mol. The van der Waals surface area contributed by atoms with Gasteiger partial charge in [-0.1, -0.05) is 6.07 Å². The van der Waals surface area contributed by atoms with E-state index in [1.165, 1.54) is 56.7 Å². The average molecular weight is 562 g/mol. The number of thiophene rings is 1. The molecule has 31 heavy (non-hydrogen) atoms. The van der Waals surface area contributed by atoms with Gasteiger partial charge in [0.2, 0.25) is 0 Å². The average Bonchev–Trinajstić information content (AvgIpc) is 3.56. The Hall–Kier alpha value is -0.420. The zero-order valence-corrected chi connectivity index (χ0v) is 22.1. The molecule has 0 spiro atoms. The minimum absolute atomic E-state index is 0. The van der Waals surface area contributed by atoms with E-state index in [4.69, 9.17) is 9.73 Å². The van der Waals surface area contributed by atoms with E-state index in [2.05, 4.69) is 44.9 Å². The predicted octanol–water partition coefficient (Wildman–Crippen LogP) is 3.70. The normalized spacial score (nSPS) is 23.5. The maximum absolute atomic E-state index is 5.71. The van der Waals surface area contributed by atoms with E-state index in [-0.39, 0.29) is 29.5 Å². The molecule has 0 saturated carbocycles. The first-order valence-electron chi connectivity index (χ1n) is 11.9. The summed E-state index contributed by atoms with van der Waals surface area (Å²) in [6, 6.07) is 4.89. The van der Waals surface area contributed by atoms with Crippen LogP contribution in [0.1, 0.15) is 56.4 Å². The molecule has 6 nitrogen and oxygen atoms in total. The van der Waals surface area contributed by atoms with Crippen molar-refractivity contribution in [3.63, 3.8) is 0 Å². The number of guanidine groups is 1. The molecular weight excluding hydrogens is 521 g/mol.